The smallest absolute Gasteiger partial charge is 0.217 e. The highest BCUT2D eigenvalue weighted by molar-refractivity contribution is 5.95. The number of aromatic amines is 1. The summed E-state index contributed by atoms with van der Waals surface area (Å²) >= 11 is 0. The van der Waals surface area contributed by atoms with E-state index in [1.807, 2.05) is 24.3 Å². The molecule has 4 N–H and O–H groups in total. The van der Waals surface area contributed by atoms with Crippen molar-refractivity contribution >= 4 is 16.8 Å². The number of hydrogen-bond donors (Lipinski definition) is 3. The number of aryl methyl sites for hydroxylation is 1. The number of primary amides is 1. The first-order valence-corrected chi connectivity index (χ1v) is 8.73. The molecule has 0 aliphatic carbocycles. The van der Waals surface area contributed by atoms with Crippen molar-refractivity contribution in [1.82, 2.24) is 10.2 Å². The lowest BCUT2D eigenvalue weighted by atomic mass is 9.93. The predicted octanol–water partition coefficient (Wildman–Crippen LogP) is 4.00. The first kappa shape index (κ1) is 16.9. The number of carbonyl (C=O) groups is 1. The van der Waals surface area contributed by atoms with E-state index < -0.39 is 0 Å². The second-order valence-corrected chi connectivity index (χ2v) is 6.50. The van der Waals surface area contributed by atoms with E-state index in [9.17, 15) is 9.90 Å². The molecule has 6 nitrogen and oxygen atoms in total. The van der Waals surface area contributed by atoms with E-state index in [-0.39, 0.29) is 11.7 Å². The van der Waals surface area contributed by atoms with Gasteiger partial charge in [-0.1, -0.05) is 12.1 Å². The second-order valence-electron chi connectivity index (χ2n) is 6.50. The maximum Gasteiger partial charge on any atom is 0.217 e. The molecule has 2 aromatic heterocycles. The van der Waals surface area contributed by atoms with Crippen LogP contribution in [0.1, 0.15) is 18.5 Å². The van der Waals surface area contributed by atoms with Gasteiger partial charge in [-0.25, -0.2) is 0 Å². The number of H-pyrrole nitrogens is 1. The molecule has 0 atom stereocenters. The molecule has 1 amide bonds. The number of furan rings is 1. The quantitative estimate of drug-likeness (QED) is 0.482. The number of amides is 1. The Morgan fingerprint density at radius 3 is 2.59 bits per heavy atom. The fourth-order valence-electron chi connectivity index (χ4n) is 3.28. The zero-order chi connectivity index (χ0) is 18.8. The summed E-state index contributed by atoms with van der Waals surface area (Å²) < 4.78 is 5.28. The fraction of sp³-hybridized carbons (Fsp3) is 0.143. The lowest BCUT2D eigenvalue weighted by molar-refractivity contribution is -0.118. The van der Waals surface area contributed by atoms with Crippen LogP contribution in [0.25, 0.3) is 33.2 Å². The molecule has 4 rings (SSSR count). The average molecular weight is 361 g/mol. The van der Waals surface area contributed by atoms with E-state index in [2.05, 4.69) is 16.3 Å². The predicted molar refractivity (Wildman–Crippen MR) is 103 cm³/mol. The molecule has 136 valence electrons. The molecule has 4 aromatic rings. The molecule has 2 heterocycles. The molecule has 27 heavy (non-hydrogen) atoms. The zero-order valence-corrected chi connectivity index (χ0v) is 14.6. The summed E-state index contributed by atoms with van der Waals surface area (Å²) in [4.78, 5) is 11.0. The average Bonchev–Trinajstić information content (AvgIpc) is 3.31. The highest BCUT2D eigenvalue weighted by Gasteiger charge is 2.14. The number of phenolic OH excluding ortho intramolecular Hbond substituents is 1. The van der Waals surface area contributed by atoms with Crippen LogP contribution in [0, 0.1) is 0 Å². The number of aromatic hydroxyl groups is 1. The van der Waals surface area contributed by atoms with Crippen molar-refractivity contribution in [3.8, 4) is 28.0 Å². The third-order valence-electron chi connectivity index (χ3n) is 4.63. The number of nitrogens with zero attached hydrogens (tertiary/aromatic N) is 1. The Morgan fingerprint density at radius 2 is 1.89 bits per heavy atom. The summed E-state index contributed by atoms with van der Waals surface area (Å²) in [5.41, 5.74) is 11.0. The Labute approximate surface area is 155 Å². The maximum atomic E-state index is 11.0. The minimum atomic E-state index is -0.299. The summed E-state index contributed by atoms with van der Waals surface area (Å²) in [5.74, 6) is -0.0753. The van der Waals surface area contributed by atoms with Crippen molar-refractivity contribution in [3.63, 3.8) is 0 Å². The van der Waals surface area contributed by atoms with Crippen LogP contribution in [-0.4, -0.2) is 21.2 Å². The van der Waals surface area contributed by atoms with Crippen molar-refractivity contribution in [1.29, 1.82) is 0 Å². The van der Waals surface area contributed by atoms with Gasteiger partial charge in [-0.2, -0.15) is 5.10 Å². The Bertz CT molecular complexity index is 1080. The van der Waals surface area contributed by atoms with E-state index in [0.29, 0.717) is 19.3 Å². The first-order chi connectivity index (χ1) is 13.1. The van der Waals surface area contributed by atoms with Gasteiger partial charge in [-0.3, -0.25) is 9.89 Å². The van der Waals surface area contributed by atoms with Gasteiger partial charge in [-0.15, -0.1) is 0 Å². The Kier molecular flexibility index (Phi) is 4.38. The van der Waals surface area contributed by atoms with E-state index >= 15 is 0 Å². The molecule has 6 heteroatoms. The molecule has 0 spiro atoms. The number of nitrogens with two attached hydrogens (primary N) is 1. The minimum absolute atomic E-state index is 0.223. The molecule has 0 saturated carbocycles. The largest absolute Gasteiger partial charge is 0.508 e. The molecule has 0 bridgehead atoms. The summed E-state index contributed by atoms with van der Waals surface area (Å²) in [6.07, 6.45) is 5.07. The number of fused-ring (bicyclic) bond motifs is 1. The first-order valence-electron chi connectivity index (χ1n) is 8.73. The van der Waals surface area contributed by atoms with Gasteiger partial charge in [0.05, 0.1) is 18.0 Å². The van der Waals surface area contributed by atoms with Crippen LogP contribution in [0.5, 0.6) is 5.75 Å². The number of hydrogen-bond acceptors (Lipinski definition) is 4. The van der Waals surface area contributed by atoms with Crippen molar-refractivity contribution in [2.45, 2.75) is 19.3 Å². The van der Waals surface area contributed by atoms with Gasteiger partial charge in [0.1, 0.15) is 5.75 Å². The van der Waals surface area contributed by atoms with Crippen molar-refractivity contribution < 1.29 is 14.3 Å². The molecule has 0 aliphatic heterocycles. The third kappa shape index (κ3) is 3.42. The number of aromatic nitrogens is 2. The van der Waals surface area contributed by atoms with Crippen LogP contribution in [0.3, 0.4) is 0 Å². The number of benzene rings is 2. The van der Waals surface area contributed by atoms with E-state index in [4.69, 9.17) is 10.2 Å². The molecule has 0 saturated heterocycles. The summed E-state index contributed by atoms with van der Waals surface area (Å²) in [6, 6.07) is 13.1. The van der Waals surface area contributed by atoms with Gasteiger partial charge in [0, 0.05) is 23.1 Å². The summed E-state index contributed by atoms with van der Waals surface area (Å²) in [5, 5.41) is 18.1. The van der Waals surface area contributed by atoms with Gasteiger partial charge in [-0.05, 0) is 59.9 Å². The van der Waals surface area contributed by atoms with Crippen LogP contribution in [0.2, 0.25) is 0 Å². The molecule has 0 aliphatic rings. The lowest BCUT2D eigenvalue weighted by Crippen LogP contribution is -2.10. The number of phenols is 1. The van der Waals surface area contributed by atoms with Gasteiger partial charge < -0.3 is 15.3 Å². The number of nitrogens with one attached hydrogen (secondary N) is 1. The highest BCUT2D eigenvalue weighted by Crippen LogP contribution is 2.37. The number of carbonyl (C=O) groups excluding carboxylic acids is 1. The van der Waals surface area contributed by atoms with Crippen molar-refractivity contribution in [3.05, 3.63) is 60.7 Å². The van der Waals surface area contributed by atoms with Crippen molar-refractivity contribution in [2.24, 2.45) is 5.73 Å². The van der Waals surface area contributed by atoms with Gasteiger partial charge in [0.2, 0.25) is 5.91 Å². The Balaban J connectivity index is 1.82. The van der Waals surface area contributed by atoms with Gasteiger partial charge >= 0.3 is 0 Å². The monoisotopic (exact) mass is 361 g/mol. The van der Waals surface area contributed by atoms with E-state index in [1.165, 1.54) is 0 Å². The van der Waals surface area contributed by atoms with Crippen molar-refractivity contribution in [2.75, 3.05) is 0 Å². The molecule has 0 radical (unpaired) electrons. The second kappa shape index (κ2) is 6.99. The van der Waals surface area contributed by atoms with Crippen LogP contribution in [0.15, 0.2) is 59.4 Å². The number of rotatable bonds is 6. The minimum Gasteiger partial charge on any atom is -0.508 e. The molecular weight excluding hydrogens is 342 g/mol. The van der Waals surface area contributed by atoms with Crippen LogP contribution in [-0.2, 0) is 11.2 Å². The zero-order valence-electron chi connectivity index (χ0n) is 14.6. The third-order valence-corrected chi connectivity index (χ3v) is 4.63. The normalized spacial score (nSPS) is 11.1. The molecule has 0 unspecified atom stereocenters. The highest BCUT2D eigenvalue weighted by atomic mass is 16.3. The SMILES string of the molecule is NC(=O)CCCc1[nH]nc2cc(-c3ccc(O)cc3)c(-c3ccoc3)cc12. The van der Waals surface area contributed by atoms with Crippen LogP contribution in [0.4, 0.5) is 0 Å². The van der Waals surface area contributed by atoms with Gasteiger partial charge in [0.25, 0.3) is 0 Å². The molecule has 0 fully saturated rings. The standard InChI is InChI=1S/C21H19N3O3/c22-21(26)3-1-2-19-18-10-16(14-8-9-27-12-14)17(11-20(18)24-23-19)13-4-6-15(25)7-5-13/h4-12,25H,1-3H2,(H2,22,26)(H,23,24). The van der Waals surface area contributed by atoms with Crippen LogP contribution < -0.4 is 5.73 Å². The van der Waals surface area contributed by atoms with E-state index in [0.717, 1.165) is 38.9 Å². The van der Waals surface area contributed by atoms with Crippen LogP contribution >= 0.6 is 0 Å². The fourth-order valence-corrected chi connectivity index (χ4v) is 3.28. The lowest BCUT2D eigenvalue weighted by Gasteiger charge is -2.10. The topological polar surface area (TPSA) is 105 Å². The van der Waals surface area contributed by atoms with Gasteiger partial charge in [0.15, 0.2) is 0 Å². The summed E-state index contributed by atoms with van der Waals surface area (Å²) in [7, 11) is 0. The maximum absolute atomic E-state index is 11.0. The van der Waals surface area contributed by atoms with E-state index in [1.54, 1.807) is 24.7 Å². The molecule has 2 aromatic carbocycles. The summed E-state index contributed by atoms with van der Waals surface area (Å²) in [6.45, 7) is 0. The molecular formula is C21H19N3O3. The Morgan fingerprint density at radius 1 is 1.11 bits per heavy atom. The Hall–Kier alpha value is -3.54.